The first-order valence-corrected chi connectivity index (χ1v) is 7.73. The normalized spacial score (nSPS) is 13.2. The summed E-state index contributed by atoms with van der Waals surface area (Å²) in [6, 6.07) is 7.03. The van der Waals surface area contributed by atoms with E-state index in [0.717, 1.165) is 6.08 Å². The number of carbonyl (C=O) groups is 2. The summed E-state index contributed by atoms with van der Waals surface area (Å²) in [6.45, 7) is 6.84. The summed E-state index contributed by atoms with van der Waals surface area (Å²) in [5.41, 5.74) is 0.968. The molecule has 0 saturated carbocycles. The van der Waals surface area contributed by atoms with Gasteiger partial charge in [0.1, 0.15) is 11.4 Å². The number of esters is 1. The van der Waals surface area contributed by atoms with Gasteiger partial charge in [-0.05, 0) is 32.1 Å². The molecule has 1 aromatic heterocycles. The van der Waals surface area contributed by atoms with Crippen LogP contribution in [0.15, 0.2) is 64.9 Å². The number of para-hydroxylation sites is 1. The van der Waals surface area contributed by atoms with Crippen LogP contribution in [0.5, 0.6) is 0 Å². The molecule has 2 rings (SSSR count). The molecule has 1 atom stereocenters. The van der Waals surface area contributed by atoms with Crippen LogP contribution in [0.3, 0.4) is 0 Å². The third-order valence-corrected chi connectivity index (χ3v) is 3.84. The van der Waals surface area contributed by atoms with Gasteiger partial charge >= 0.3 is 5.97 Å². The second kappa shape index (κ2) is 7.75. The SMILES string of the molecule is C=C(/C=C\C(F)=C/C)C(=O)c1oc2ccccc2c1C(C)C(=O)OC. The Morgan fingerprint density at radius 3 is 2.60 bits per heavy atom. The van der Waals surface area contributed by atoms with Crippen LogP contribution in [0.2, 0.25) is 0 Å². The number of Topliss-reactive ketones (excluding diaryl/α,β-unsaturated/α-hetero) is 1. The van der Waals surface area contributed by atoms with Crippen molar-refractivity contribution >= 4 is 22.7 Å². The van der Waals surface area contributed by atoms with Crippen LogP contribution >= 0.6 is 0 Å². The number of benzene rings is 1. The summed E-state index contributed by atoms with van der Waals surface area (Å²) in [6.07, 6.45) is 3.68. The van der Waals surface area contributed by atoms with Gasteiger partial charge in [0.05, 0.1) is 13.0 Å². The monoisotopic (exact) mass is 342 g/mol. The summed E-state index contributed by atoms with van der Waals surface area (Å²) in [5.74, 6) is -2.17. The lowest BCUT2D eigenvalue weighted by atomic mass is 9.94. The zero-order chi connectivity index (χ0) is 18.6. The van der Waals surface area contributed by atoms with Crippen LogP contribution in [0.1, 0.15) is 35.9 Å². The van der Waals surface area contributed by atoms with Crippen molar-refractivity contribution in [3.63, 3.8) is 0 Å². The lowest BCUT2D eigenvalue weighted by molar-refractivity contribution is -0.141. The fourth-order valence-corrected chi connectivity index (χ4v) is 2.46. The largest absolute Gasteiger partial charge is 0.469 e. The number of hydrogen-bond donors (Lipinski definition) is 0. The molecule has 0 fully saturated rings. The van der Waals surface area contributed by atoms with E-state index in [4.69, 9.17) is 9.15 Å². The minimum Gasteiger partial charge on any atom is -0.469 e. The molecule has 1 unspecified atom stereocenters. The van der Waals surface area contributed by atoms with E-state index >= 15 is 0 Å². The van der Waals surface area contributed by atoms with Crippen molar-refractivity contribution in [2.45, 2.75) is 19.8 Å². The standard InChI is InChI=1S/C20H19FO4/c1-5-14(21)11-10-12(2)18(22)19-17(13(3)20(23)24-4)15-8-6-7-9-16(15)25-19/h5-11,13H,2H2,1,3-4H3/b11-10-,14-5+. The first-order valence-electron chi connectivity index (χ1n) is 7.73. The summed E-state index contributed by atoms with van der Waals surface area (Å²) in [7, 11) is 1.28. The average Bonchev–Trinajstić information content (AvgIpc) is 3.03. The van der Waals surface area contributed by atoms with E-state index in [1.165, 1.54) is 19.3 Å². The minimum atomic E-state index is -0.698. The average molecular weight is 342 g/mol. The number of allylic oxidation sites excluding steroid dienone is 5. The quantitative estimate of drug-likeness (QED) is 0.325. The maximum absolute atomic E-state index is 13.2. The van der Waals surface area contributed by atoms with Crippen LogP contribution in [0.25, 0.3) is 11.0 Å². The molecular weight excluding hydrogens is 323 g/mol. The van der Waals surface area contributed by atoms with Crippen molar-refractivity contribution in [1.29, 1.82) is 0 Å². The second-order valence-electron chi connectivity index (χ2n) is 5.45. The second-order valence-corrected chi connectivity index (χ2v) is 5.45. The third kappa shape index (κ3) is 3.76. The molecule has 0 N–H and O–H groups in total. The molecule has 0 saturated heterocycles. The van der Waals surface area contributed by atoms with Gasteiger partial charge in [-0.25, -0.2) is 4.39 Å². The number of hydrogen-bond acceptors (Lipinski definition) is 4. The fourth-order valence-electron chi connectivity index (χ4n) is 2.46. The topological polar surface area (TPSA) is 56.5 Å². The smallest absolute Gasteiger partial charge is 0.313 e. The number of rotatable bonds is 6. The molecule has 0 radical (unpaired) electrons. The number of carbonyl (C=O) groups excluding carboxylic acids is 2. The van der Waals surface area contributed by atoms with Crippen LogP contribution in [-0.4, -0.2) is 18.9 Å². The predicted molar refractivity (Wildman–Crippen MR) is 94.1 cm³/mol. The van der Waals surface area contributed by atoms with Crippen molar-refractivity contribution in [2.24, 2.45) is 0 Å². The highest BCUT2D eigenvalue weighted by molar-refractivity contribution is 6.12. The number of fused-ring (bicyclic) bond motifs is 1. The van der Waals surface area contributed by atoms with Gasteiger partial charge in [0.25, 0.3) is 0 Å². The molecule has 1 heterocycles. The number of halogens is 1. The van der Waals surface area contributed by atoms with E-state index in [-0.39, 0.29) is 11.3 Å². The van der Waals surface area contributed by atoms with Crippen LogP contribution in [0, 0.1) is 0 Å². The summed E-state index contributed by atoms with van der Waals surface area (Å²) in [4.78, 5) is 24.7. The molecular formula is C20H19FO4. The first-order chi connectivity index (χ1) is 11.9. The van der Waals surface area contributed by atoms with E-state index in [1.54, 1.807) is 38.1 Å². The Morgan fingerprint density at radius 1 is 1.28 bits per heavy atom. The number of methoxy groups -OCH3 is 1. The van der Waals surface area contributed by atoms with E-state index in [9.17, 15) is 14.0 Å². The van der Waals surface area contributed by atoms with Gasteiger partial charge < -0.3 is 9.15 Å². The van der Waals surface area contributed by atoms with Gasteiger partial charge in [0.2, 0.25) is 5.78 Å². The Hall–Kier alpha value is -2.95. The van der Waals surface area contributed by atoms with Gasteiger partial charge in [-0.15, -0.1) is 0 Å². The highest BCUT2D eigenvalue weighted by Gasteiger charge is 2.29. The van der Waals surface area contributed by atoms with Crippen molar-refractivity contribution in [2.75, 3.05) is 7.11 Å². The van der Waals surface area contributed by atoms with E-state index < -0.39 is 23.5 Å². The molecule has 2 aromatic rings. The maximum atomic E-state index is 13.2. The number of ether oxygens (including phenoxy) is 1. The van der Waals surface area contributed by atoms with E-state index in [0.29, 0.717) is 16.5 Å². The van der Waals surface area contributed by atoms with Gasteiger partial charge in [0, 0.05) is 16.5 Å². The van der Waals surface area contributed by atoms with Crippen LogP contribution in [-0.2, 0) is 9.53 Å². The van der Waals surface area contributed by atoms with Gasteiger partial charge in [0.15, 0.2) is 5.76 Å². The zero-order valence-corrected chi connectivity index (χ0v) is 14.3. The van der Waals surface area contributed by atoms with Crippen LogP contribution < -0.4 is 0 Å². The molecule has 130 valence electrons. The molecule has 1 aromatic carbocycles. The first kappa shape index (κ1) is 18.4. The van der Waals surface area contributed by atoms with Gasteiger partial charge in [-0.2, -0.15) is 0 Å². The molecule has 0 spiro atoms. The maximum Gasteiger partial charge on any atom is 0.313 e. The van der Waals surface area contributed by atoms with Crippen LogP contribution in [0.4, 0.5) is 4.39 Å². The lowest BCUT2D eigenvalue weighted by Gasteiger charge is -2.09. The van der Waals surface area contributed by atoms with Crippen molar-refractivity contribution in [3.8, 4) is 0 Å². The third-order valence-electron chi connectivity index (χ3n) is 3.84. The summed E-state index contributed by atoms with van der Waals surface area (Å²) < 4.78 is 23.7. The fraction of sp³-hybridized carbons (Fsp3) is 0.200. The molecule has 0 aliphatic heterocycles. The van der Waals surface area contributed by atoms with Crippen molar-refractivity contribution in [1.82, 2.24) is 0 Å². The molecule has 25 heavy (non-hydrogen) atoms. The summed E-state index contributed by atoms with van der Waals surface area (Å²) >= 11 is 0. The lowest BCUT2D eigenvalue weighted by Crippen LogP contribution is -2.14. The van der Waals surface area contributed by atoms with Gasteiger partial charge in [-0.1, -0.05) is 30.9 Å². The molecule has 4 nitrogen and oxygen atoms in total. The van der Waals surface area contributed by atoms with Crippen molar-refractivity contribution in [3.05, 3.63) is 71.8 Å². The van der Waals surface area contributed by atoms with Crippen molar-refractivity contribution < 1.29 is 23.1 Å². The van der Waals surface area contributed by atoms with E-state index in [2.05, 4.69) is 6.58 Å². The molecule has 0 amide bonds. The van der Waals surface area contributed by atoms with Gasteiger partial charge in [-0.3, -0.25) is 9.59 Å². The Morgan fingerprint density at radius 2 is 1.96 bits per heavy atom. The Balaban J connectivity index is 2.53. The molecule has 5 heteroatoms. The highest BCUT2D eigenvalue weighted by Crippen LogP contribution is 2.34. The highest BCUT2D eigenvalue weighted by atomic mass is 19.1. The number of furan rings is 1. The minimum absolute atomic E-state index is 0.00892. The summed E-state index contributed by atoms with van der Waals surface area (Å²) in [5, 5.41) is 0.653. The molecule has 0 aliphatic carbocycles. The molecule has 0 aliphatic rings. The van der Waals surface area contributed by atoms with E-state index in [1.807, 2.05) is 0 Å². The Bertz CT molecular complexity index is 886. The predicted octanol–water partition coefficient (Wildman–Crippen LogP) is 4.88. The molecule has 0 bridgehead atoms. The Kier molecular flexibility index (Phi) is 5.70. The number of ketones is 1. The Labute approximate surface area is 145 Å². The zero-order valence-electron chi connectivity index (χ0n) is 14.3.